The van der Waals surface area contributed by atoms with Gasteiger partial charge in [0.1, 0.15) is 0 Å². The van der Waals surface area contributed by atoms with Crippen molar-refractivity contribution in [3.8, 4) is 0 Å². The first kappa shape index (κ1) is 10.4. The van der Waals surface area contributed by atoms with E-state index in [4.69, 9.17) is 5.73 Å². The lowest BCUT2D eigenvalue weighted by Gasteiger charge is -2.36. The second kappa shape index (κ2) is 4.60. The summed E-state index contributed by atoms with van der Waals surface area (Å²) in [5, 5.41) is 9.87. The van der Waals surface area contributed by atoms with Gasteiger partial charge in [-0.1, -0.05) is 12.8 Å². The predicted molar refractivity (Wildman–Crippen MR) is 56.9 cm³/mol. The second-order valence-corrected chi connectivity index (χ2v) is 4.88. The van der Waals surface area contributed by atoms with Crippen LogP contribution in [-0.2, 0) is 0 Å². The monoisotopic (exact) mass is 198 g/mol. The molecule has 82 valence electrons. The zero-order valence-corrected chi connectivity index (χ0v) is 8.86. The Morgan fingerprint density at radius 1 is 1.29 bits per heavy atom. The van der Waals surface area contributed by atoms with E-state index < -0.39 is 0 Å². The lowest BCUT2D eigenvalue weighted by Crippen LogP contribution is -2.45. The number of aliphatic hydroxyl groups excluding tert-OH is 1. The maximum atomic E-state index is 9.87. The van der Waals surface area contributed by atoms with Crippen molar-refractivity contribution in [2.24, 2.45) is 17.6 Å². The average Bonchev–Trinajstić information content (AvgIpc) is 2.95. The van der Waals surface area contributed by atoms with Gasteiger partial charge in [-0.05, 0) is 24.7 Å². The van der Waals surface area contributed by atoms with Crippen LogP contribution in [0, 0.1) is 11.8 Å². The Balaban J connectivity index is 1.79. The Labute approximate surface area is 86.3 Å². The summed E-state index contributed by atoms with van der Waals surface area (Å²) < 4.78 is 0. The van der Waals surface area contributed by atoms with Crippen molar-refractivity contribution >= 4 is 0 Å². The number of hydrogen-bond acceptors (Lipinski definition) is 3. The van der Waals surface area contributed by atoms with Crippen LogP contribution in [0.3, 0.4) is 0 Å². The average molecular weight is 198 g/mol. The smallest absolute Gasteiger partial charge is 0.0592 e. The Morgan fingerprint density at radius 3 is 2.71 bits per heavy atom. The van der Waals surface area contributed by atoms with Crippen LogP contribution in [0.1, 0.15) is 25.7 Å². The Hall–Kier alpha value is -0.120. The fourth-order valence-electron chi connectivity index (χ4n) is 2.49. The normalized spacial score (nSPS) is 34.7. The van der Waals surface area contributed by atoms with Crippen molar-refractivity contribution in [1.82, 2.24) is 4.90 Å². The lowest BCUT2D eigenvalue weighted by atomic mass is 9.90. The Morgan fingerprint density at radius 2 is 2.07 bits per heavy atom. The SMILES string of the molecule is NCCN1CC[C@H](O)[C@@H](CC2CC2)C1. The van der Waals surface area contributed by atoms with E-state index in [1.807, 2.05) is 0 Å². The van der Waals surface area contributed by atoms with Gasteiger partial charge in [0.05, 0.1) is 6.10 Å². The van der Waals surface area contributed by atoms with Crippen LogP contribution in [0.4, 0.5) is 0 Å². The standard InChI is InChI=1S/C11H22N2O/c12-4-6-13-5-3-11(14)10(8-13)7-9-1-2-9/h9-11,14H,1-8,12H2/t10-,11-/m0/s1. The summed E-state index contributed by atoms with van der Waals surface area (Å²) in [6, 6.07) is 0. The van der Waals surface area contributed by atoms with E-state index in [9.17, 15) is 5.11 Å². The Kier molecular flexibility index (Phi) is 3.42. The number of piperidine rings is 1. The molecule has 0 aromatic heterocycles. The summed E-state index contributed by atoms with van der Waals surface area (Å²) in [6.07, 6.45) is 4.91. The highest BCUT2D eigenvalue weighted by Crippen LogP contribution is 2.37. The van der Waals surface area contributed by atoms with Crippen molar-refractivity contribution in [3.05, 3.63) is 0 Å². The minimum Gasteiger partial charge on any atom is -0.393 e. The van der Waals surface area contributed by atoms with Gasteiger partial charge in [0.15, 0.2) is 0 Å². The predicted octanol–water partition coefficient (Wildman–Crippen LogP) is 0.428. The summed E-state index contributed by atoms with van der Waals surface area (Å²) in [5.41, 5.74) is 5.55. The zero-order valence-electron chi connectivity index (χ0n) is 8.86. The first-order valence-electron chi connectivity index (χ1n) is 5.90. The van der Waals surface area contributed by atoms with E-state index in [0.717, 1.165) is 38.5 Å². The van der Waals surface area contributed by atoms with Crippen molar-refractivity contribution in [3.63, 3.8) is 0 Å². The highest BCUT2D eigenvalue weighted by Gasteiger charge is 2.32. The molecule has 2 rings (SSSR count). The van der Waals surface area contributed by atoms with Gasteiger partial charge in [-0.2, -0.15) is 0 Å². The number of nitrogens with two attached hydrogens (primary N) is 1. The van der Waals surface area contributed by atoms with E-state index in [1.54, 1.807) is 0 Å². The third-order valence-corrected chi connectivity index (χ3v) is 3.56. The molecule has 3 N–H and O–H groups in total. The summed E-state index contributed by atoms with van der Waals surface area (Å²) in [6.45, 7) is 3.83. The van der Waals surface area contributed by atoms with Crippen LogP contribution in [0.2, 0.25) is 0 Å². The van der Waals surface area contributed by atoms with Crippen molar-refractivity contribution in [2.75, 3.05) is 26.2 Å². The number of nitrogens with zero attached hydrogens (tertiary/aromatic N) is 1. The minimum absolute atomic E-state index is 0.0513. The fraction of sp³-hybridized carbons (Fsp3) is 1.00. The van der Waals surface area contributed by atoms with Gasteiger partial charge in [-0.25, -0.2) is 0 Å². The topological polar surface area (TPSA) is 49.5 Å². The first-order chi connectivity index (χ1) is 6.79. The molecule has 1 aliphatic heterocycles. The van der Waals surface area contributed by atoms with Crippen LogP contribution >= 0.6 is 0 Å². The Bertz CT molecular complexity index is 182. The highest BCUT2D eigenvalue weighted by molar-refractivity contribution is 4.85. The minimum atomic E-state index is -0.0513. The van der Waals surface area contributed by atoms with Gasteiger partial charge in [0, 0.05) is 26.2 Å². The molecule has 0 radical (unpaired) electrons. The lowest BCUT2D eigenvalue weighted by molar-refractivity contribution is 0.0217. The molecule has 1 saturated carbocycles. The number of hydrogen-bond donors (Lipinski definition) is 2. The molecule has 1 saturated heterocycles. The molecular weight excluding hydrogens is 176 g/mol. The van der Waals surface area contributed by atoms with Crippen molar-refractivity contribution in [1.29, 1.82) is 0 Å². The molecule has 3 heteroatoms. The summed E-state index contributed by atoms with van der Waals surface area (Å²) in [5.74, 6) is 1.44. The molecule has 0 spiro atoms. The van der Waals surface area contributed by atoms with E-state index in [0.29, 0.717) is 5.92 Å². The zero-order chi connectivity index (χ0) is 9.97. The molecule has 14 heavy (non-hydrogen) atoms. The third kappa shape index (κ3) is 2.69. The second-order valence-electron chi connectivity index (χ2n) is 4.88. The summed E-state index contributed by atoms with van der Waals surface area (Å²) in [7, 11) is 0. The number of aliphatic hydroxyl groups is 1. The van der Waals surface area contributed by atoms with Gasteiger partial charge >= 0.3 is 0 Å². The molecule has 0 amide bonds. The molecule has 0 bridgehead atoms. The molecular formula is C11H22N2O. The van der Waals surface area contributed by atoms with Gasteiger partial charge in [-0.15, -0.1) is 0 Å². The summed E-state index contributed by atoms with van der Waals surface area (Å²) >= 11 is 0. The molecule has 2 atom stereocenters. The largest absolute Gasteiger partial charge is 0.393 e. The molecule has 2 fully saturated rings. The molecule has 0 aromatic rings. The van der Waals surface area contributed by atoms with E-state index in [1.165, 1.54) is 19.3 Å². The fourth-order valence-corrected chi connectivity index (χ4v) is 2.49. The van der Waals surface area contributed by atoms with Crippen LogP contribution in [0.15, 0.2) is 0 Å². The molecule has 2 aliphatic rings. The third-order valence-electron chi connectivity index (χ3n) is 3.56. The van der Waals surface area contributed by atoms with Crippen LogP contribution in [-0.4, -0.2) is 42.3 Å². The maximum absolute atomic E-state index is 9.87. The quantitative estimate of drug-likeness (QED) is 0.688. The van der Waals surface area contributed by atoms with Gasteiger partial charge in [0.25, 0.3) is 0 Å². The van der Waals surface area contributed by atoms with Gasteiger partial charge in [0.2, 0.25) is 0 Å². The maximum Gasteiger partial charge on any atom is 0.0592 e. The van der Waals surface area contributed by atoms with Gasteiger partial charge < -0.3 is 15.7 Å². The van der Waals surface area contributed by atoms with Crippen LogP contribution in [0.25, 0.3) is 0 Å². The van der Waals surface area contributed by atoms with E-state index in [-0.39, 0.29) is 6.10 Å². The molecule has 0 aromatic carbocycles. The van der Waals surface area contributed by atoms with Crippen molar-refractivity contribution in [2.45, 2.75) is 31.8 Å². The highest BCUT2D eigenvalue weighted by atomic mass is 16.3. The molecule has 1 heterocycles. The van der Waals surface area contributed by atoms with E-state index >= 15 is 0 Å². The molecule has 3 nitrogen and oxygen atoms in total. The van der Waals surface area contributed by atoms with Gasteiger partial charge in [-0.3, -0.25) is 0 Å². The molecule has 0 unspecified atom stereocenters. The first-order valence-corrected chi connectivity index (χ1v) is 5.90. The number of rotatable bonds is 4. The van der Waals surface area contributed by atoms with Crippen LogP contribution in [0.5, 0.6) is 0 Å². The van der Waals surface area contributed by atoms with Crippen LogP contribution < -0.4 is 5.73 Å². The van der Waals surface area contributed by atoms with Crippen molar-refractivity contribution < 1.29 is 5.11 Å². The summed E-state index contributed by atoms with van der Waals surface area (Å²) in [4.78, 5) is 2.40. The number of likely N-dealkylation sites (tertiary alicyclic amines) is 1. The molecule has 1 aliphatic carbocycles. The van der Waals surface area contributed by atoms with E-state index in [2.05, 4.69) is 4.90 Å².